The summed E-state index contributed by atoms with van der Waals surface area (Å²) in [5.74, 6) is 0.809. The van der Waals surface area contributed by atoms with Gasteiger partial charge in [-0.05, 0) is 41.3 Å². The Hall–Kier alpha value is -1.02. The number of hydrogen-bond donors (Lipinski definition) is 2. The van der Waals surface area contributed by atoms with Gasteiger partial charge in [-0.25, -0.2) is 0 Å². The molecular formula is C17H26N2. The van der Waals surface area contributed by atoms with Crippen LogP contribution in [0.15, 0.2) is 24.3 Å². The largest absolute Gasteiger partial charge is 0.380 e. The molecule has 0 amide bonds. The van der Waals surface area contributed by atoms with E-state index in [4.69, 9.17) is 0 Å². The van der Waals surface area contributed by atoms with E-state index in [0.717, 1.165) is 25.4 Å². The molecule has 1 heterocycles. The molecule has 19 heavy (non-hydrogen) atoms. The minimum Gasteiger partial charge on any atom is -0.380 e. The van der Waals surface area contributed by atoms with Crippen molar-refractivity contribution in [1.29, 1.82) is 0 Å². The average Bonchev–Trinajstić information content (AvgIpc) is 2.68. The molecule has 104 valence electrons. The smallest absolute Gasteiger partial charge is 0.0427 e. The van der Waals surface area contributed by atoms with E-state index < -0.39 is 0 Å². The summed E-state index contributed by atoms with van der Waals surface area (Å²) in [6.07, 6.45) is 1.15. The van der Waals surface area contributed by atoms with Gasteiger partial charge in [0.05, 0.1) is 0 Å². The molecule has 1 saturated carbocycles. The highest BCUT2D eigenvalue weighted by atomic mass is 15.0. The first kappa shape index (κ1) is 13.0. The first-order valence-electron chi connectivity index (χ1n) is 7.48. The Morgan fingerprint density at radius 1 is 1.11 bits per heavy atom. The molecule has 1 aromatic carbocycles. The molecule has 1 fully saturated rings. The maximum absolute atomic E-state index is 3.67. The van der Waals surface area contributed by atoms with Crippen LogP contribution in [0.5, 0.6) is 0 Å². The van der Waals surface area contributed by atoms with Gasteiger partial charge in [-0.2, -0.15) is 0 Å². The molecule has 1 aliphatic heterocycles. The van der Waals surface area contributed by atoms with E-state index in [9.17, 15) is 0 Å². The Bertz CT molecular complexity index is 437. The minimum atomic E-state index is 0.492. The van der Waals surface area contributed by atoms with Gasteiger partial charge in [0, 0.05) is 18.3 Å². The number of anilines is 1. The molecule has 1 unspecified atom stereocenters. The molecule has 2 heteroatoms. The van der Waals surface area contributed by atoms with Gasteiger partial charge >= 0.3 is 0 Å². The van der Waals surface area contributed by atoms with Crippen molar-refractivity contribution in [2.24, 2.45) is 16.7 Å². The van der Waals surface area contributed by atoms with Crippen LogP contribution in [0.3, 0.4) is 0 Å². The summed E-state index contributed by atoms with van der Waals surface area (Å²) in [5, 5.41) is 7.28. The molecule has 2 nitrogen and oxygen atoms in total. The minimum absolute atomic E-state index is 0.492. The first-order chi connectivity index (χ1) is 8.93. The Kier molecular flexibility index (Phi) is 2.90. The molecule has 2 N–H and O–H groups in total. The zero-order valence-corrected chi connectivity index (χ0v) is 12.6. The third-order valence-electron chi connectivity index (χ3n) is 5.90. The number of benzene rings is 1. The number of hydrogen-bond acceptors (Lipinski definition) is 2. The predicted molar refractivity (Wildman–Crippen MR) is 81.5 cm³/mol. The predicted octanol–water partition coefficient (Wildman–Crippen LogP) is 3.30. The van der Waals surface area contributed by atoms with Crippen LogP contribution in [-0.2, 0) is 6.42 Å². The lowest BCUT2D eigenvalue weighted by atomic mass is 10.0. The third-order valence-corrected chi connectivity index (χ3v) is 5.90. The summed E-state index contributed by atoms with van der Waals surface area (Å²) in [6.45, 7) is 11.8. The van der Waals surface area contributed by atoms with E-state index in [1.165, 1.54) is 11.3 Å². The van der Waals surface area contributed by atoms with Crippen molar-refractivity contribution in [3.63, 3.8) is 0 Å². The molecule has 1 atom stereocenters. The molecular weight excluding hydrogens is 232 g/mol. The summed E-state index contributed by atoms with van der Waals surface area (Å²) in [7, 11) is 0. The Morgan fingerprint density at radius 2 is 1.79 bits per heavy atom. The fourth-order valence-electron chi connectivity index (χ4n) is 3.74. The van der Waals surface area contributed by atoms with Crippen LogP contribution in [0.4, 0.5) is 5.69 Å². The molecule has 1 aromatic rings. The summed E-state index contributed by atoms with van der Waals surface area (Å²) in [5.41, 5.74) is 3.76. The highest BCUT2D eigenvalue weighted by Crippen LogP contribution is 2.67. The highest BCUT2D eigenvalue weighted by Gasteiger charge is 2.63. The van der Waals surface area contributed by atoms with Gasteiger partial charge < -0.3 is 10.6 Å². The van der Waals surface area contributed by atoms with Crippen LogP contribution >= 0.6 is 0 Å². The molecule has 0 radical (unpaired) electrons. The number of rotatable bonds is 4. The lowest BCUT2D eigenvalue weighted by Gasteiger charge is -2.13. The number of para-hydroxylation sites is 1. The van der Waals surface area contributed by atoms with E-state index in [1.807, 2.05) is 0 Å². The fourth-order valence-corrected chi connectivity index (χ4v) is 3.74. The van der Waals surface area contributed by atoms with Crippen molar-refractivity contribution >= 4 is 5.69 Å². The van der Waals surface area contributed by atoms with Crippen LogP contribution < -0.4 is 10.6 Å². The second kappa shape index (κ2) is 4.24. The molecule has 0 spiro atoms. The second-order valence-electron chi connectivity index (χ2n) is 7.36. The Morgan fingerprint density at radius 3 is 2.42 bits per heavy atom. The number of fused-ring (bicyclic) bond motifs is 1. The molecule has 0 saturated heterocycles. The molecule has 1 aliphatic carbocycles. The average molecular weight is 258 g/mol. The second-order valence-corrected chi connectivity index (χ2v) is 7.36. The van der Waals surface area contributed by atoms with Crippen LogP contribution in [0.25, 0.3) is 0 Å². The van der Waals surface area contributed by atoms with Crippen LogP contribution in [-0.4, -0.2) is 19.1 Å². The number of nitrogens with one attached hydrogen (secondary N) is 2. The normalized spacial score (nSPS) is 26.8. The van der Waals surface area contributed by atoms with Gasteiger partial charge in [-0.3, -0.25) is 0 Å². The van der Waals surface area contributed by atoms with Crippen molar-refractivity contribution in [3.05, 3.63) is 29.8 Å². The highest BCUT2D eigenvalue weighted by molar-refractivity contribution is 5.56. The molecule has 0 aromatic heterocycles. The standard InChI is InChI=1S/C17H26N2/c1-16(2)15(17(16,3)4)11-18-10-13-9-12-7-5-6-8-14(12)19-13/h5-8,13,15,18-19H,9-11H2,1-4H3. The summed E-state index contributed by atoms with van der Waals surface area (Å²) < 4.78 is 0. The Labute approximate surface area is 117 Å². The van der Waals surface area contributed by atoms with Crippen molar-refractivity contribution in [3.8, 4) is 0 Å². The first-order valence-corrected chi connectivity index (χ1v) is 7.48. The Balaban J connectivity index is 1.46. The molecule has 0 bridgehead atoms. The van der Waals surface area contributed by atoms with Crippen molar-refractivity contribution in [1.82, 2.24) is 5.32 Å². The van der Waals surface area contributed by atoms with E-state index in [1.54, 1.807) is 0 Å². The maximum atomic E-state index is 3.67. The summed E-state index contributed by atoms with van der Waals surface area (Å²) in [6, 6.07) is 9.21. The van der Waals surface area contributed by atoms with E-state index in [2.05, 4.69) is 62.6 Å². The van der Waals surface area contributed by atoms with Gasteiger partial charge in [-0.15, -0.1) is 0 Å². The monoisotopic (exact) mass is 258 g/mol. The topological polar surface area (TPSA) is 24.1 Å². The SMILES string of the molecule is CC1(C)C(CNCC2Cc3ccccc3N2)C1(C)C. The van der Waals surface area contributed by atoms with Gasteiger partial charge in [0.2, 0.25) is 0 Å². The zero-order valence-electron chi connectivity index (χ0n) is 12.6. The molecule has 3 rings (SSSR count). The van der Waals surface area contributed by atoms with Crippen LogP contribution in [0.1, 0.15) is 33.3 Å². The summed E-state index contributed by atoms with van der Waals surface area (Å²) in [4.78, 5) is 0. The van der Waals surface area contributed by atoms with E-state index in [-0.39, 0.29) is 0 Å². The zero-order chi connectivity index (χ0) is 13.7. The molecule has 2 aliphatic rings. The summed E-state index contributed by atoms with van der Waals surface area (Å²) >= 11 is 0. The van der Waals surface area contributed by atoms with Crippen LogP contribution in [0.2, 0.25) is 0 Å². The van der Waals surface area contributed by atoms with Crippen molar-refractivity contribution in [2.75, 3.05) is 18.4 Å². The van der Waals surface area contributed by atoms with Gasteiger partial charge in [-0.1, -0.05) is 45.9 Å². The van der Waals surface area contributed by atoms with Crippen molar-refractivity contribution < 1.29 is 0 Å². The van der Waals surface area contributed by atoms with Gasteiger partial charge in [0.15, 0.2) is 0 Å². The van der Waals surface area contributed by atoms with Crippen molar-refractivity contribution in [2.45, 2.75) is 40.2 Å². The van der Waals surface area contributed by atoms with E-state index in [0.29, 0.717) is 16.9 Å². The third kappa shape index (κ3) is 2.06. The van der Waals surface area contributed by atoms with E-state index >= 15 is 0 Å². The van der Waals surface area contributed by atoms with Gasteiger partial charge in [0.1, 0.15) is 0 Å². The lowest BCUT2D eigenvalue weighted by molar-refractivity contribution is 0.457. The van der Waals surface area contributed by atoms with Crippen LogP contribution in [0, 0.1) is 16.7 Å². The van der Waals surface area contributed by atoms with Gasteiger partial charge in [0.25, 0.3) is 0 Å². The maximum Gasteiger partial charge on any atom is 0.0427 e. The lowest BCUT2D eigenvalue weighted by Crippen LogP contribution is -2.33. The quantitative estimate of drug-likeness (QED) is 0.866. The fraction of sp³-hybridized carbons (Fsp3) is 0.647.